The zero-order chi connectivity index (χ0) is 14.3. The van der Waals surface area contributed by atoms with Gasteiger partial charge in [0.2, 0.25) is 0 Å². The van der Waals surface area contributed by atoms with E-state index in [2.05, 4.69) is 38.2 Å². The van der Waals surface area contributed by atoms with E-state index in [1.54, 1.807) is 7.11 Å². The molecule has 108 valence electrons. The number of hydrogen-bond acceptors (Lipinski definition) is 4. The molecule has 0 bridgehead atoms. The number of rotatable bonds is 8. The molecular weight excluding hydrogens is 258 g/mol. The highest BCUT2D eigenvalue weighted by Crippen LogP contribution is 2.30. The fourth-order valence-corrected chi connectivity index (χ4v) is 2.60. The maximum absolute atomic E-state index is 8.73. The molecule has 1 aromatic rings. The third kappa shape index (κ3) is 4.80. The summed E-state index contributed by atoms with van der Waals surface area (Å²) in [5, 5.41) is 3.52. The molecule has 19 heavy (non-hydrogen) atoms. The molecule has 0 fully saturated rings. The van der Waals surface area contributed by atoms with E-state index in [-0.39, 0.29) is 11.6 Å². The number of hydrogen-bond donors (Lipinski definition) is 2. The van der Waals surface area contributed by atoms with Crippen molar-refractivity contribution in [1.82, 2.24) is 5.32 Å². The lowest BCUT2D eigenvalue weighted by molar-refractivity contribution is 0.0310. The van der Waals surface area contributed by atoms with Crippen LogP contribution >= 0.6 is 12.0 Å². The van der Waals surface area contributed by atoms with Crippen molar-refractivity contribution in [2.45, 2.75) is 38.8 Å². The van der Waals surface area contributed by atoms with Crippen LogP contribution in [0.25, 0.3) is 0 Å². The summed E-state index contributed by atoms with van der Waals surface area (Å²) in [5.41, 5.74) is 2.32. The highest BCUT2D eigenvalue weighted by molar-refractivity contribution is 7.93. The Kier molecular flexibility index (Phi) is 6.86. The van der Waals surface area contributed by atoms with Gasteiger partial charge < -0.3 is 14.6 Å². The van der Waals surface area contributed by atoms with Gasteiger partial charge >= 0.3 is 0 Å². The van der Waals surface area contributed by atoms with Gasteiger partial charge in [0.15, 0.2) is 0 Å². The summed E-state index contributed by atoms with van der Waals surface area (Å²) >= 11 is 0.894. The molecule has 0 radical (unpaired) electrons. The van der Waals surface area contributed by atoms with Crippen molar-refractivity contribution in [2.24, 2.45) is 0 Å². The van der Waals surface area contributed by atoms with Gasteiger partial charge in [-0.05, 0) is 56.9 Å². The lowest BCUT2D eigenvalue weighted by Gasteiger charge is -2.35. The van der Waals surface area contributed by atoms with E-state index in [4.69, 9.17) is 9.29 Å². The number of aryl methyl sites for hydroxylation is 1. The smallest absolute Gasteiger partial charge is 0.0999 e. The standard InChI is InChI=1S/C15H25NO2S/c1-12-8-5-6-9-13(12)14(18-4)15(2,3)16-10-7-11-19-17/h5-6,8-9,14,16-17H,7,10-11H2,1-4H3. The van der Waals surface area contributed by atoms with Crippen LogP contribution in [0.4, 0.5) is 0 Å². The minimum Gasteiger partial charge on any atom is -0.375 e. The van der Waals surface area contributed by atoms with Gasteiger partial charge in [0.1, 0.15) is 0 Å². The van der Waals surface area contributed by atoms with E-state index in [0.717, 1.165) is 30.8 Å². The Hall–Kier alpha value is -0.550. The molecule has 1 aromatic carbocycles. The zero-order valence-corrected chi connectivity index (χ0v) is 13.1. The first-order chi connectivity index (χ1) is 9.03. The van der Waals surface area contributed by atoms with Crippen LogP contribution in [-0.4, -0.2) is 29.5 Å². The number of nitrogens with one attached hydrogen (secondary N) is 1. The molecule has 2 N–H and O–H groups in total. The van der Waals surface area contributed by atoms with E-state index in [1.807, 2.05) is 12.1 Å². The van der Waals surface area contributed by atoms with Crippen molar-refractivity contribution < 1.29 is 9.29 Å². The van der Waals surface area contributed by atoms with E-state index in [0.29, 0.717) is 0 Å². The lowest BCUT2D eigenvalue weighted by Crippen LogP contribution is -2.46. The third-order valence-electron chi connectivity index (χ3n) is 3.36. The zero-order valence-electron chi connectivity index (χ0n) is 12.3. The maximum Gasteiger partial charge on any atom is 0.0999 e. The fourth-order valence-electron chi connectivity index (χ4n) is 2.33. The Balaban J connectivity index is 2.75. The Morgan fingerprint density at radius 2 is 2.05 bits per heavy atom. The van der Waals surface area contributed by atoms with E-state index < -0.39 is 0 Å². The largest absolute Gasteiger partial charge is 0.375 e. The molecule has 3 nitrogen and oxygen atoms in total. The molecule has 0 aromatic heterocycles. The Morgan fingerprint density at radius 3 is 2.63 bits per heavy atom. The summed E-state index contributed by atoms with van der Waals surface area (Å²) in [5.74, 6) is 0.755. The highest BCUT2D eigenvalue weighted by atomic mass is 32.2. The van der Waals surface area contributed by atoms with Gasteiger partial charge in [0, 0.05) is 18.4 Å². The summed E-state index contributed by atoms with van der Waals surface area (Å²) in [6, 6.07) is 8.33. The normalized spacial score (nSPS) is 13.5. The van der Waals surface area contributed by atoms with E-state index in [1.165, 1.54) is 11.1 Å². The molecule has 0 saturated heterocycles. The van der Waals surface area contributed by atoms with Crippen molar-refractivity contribution in [3.63, 3.8) is 0 Å². The Labute approximate surface area is 121 Å². The molecular formula is C15H25NO2S. The monoisotopic (exact) mass is 283 g/mol. The van der Waals surface area contributed by atoms with Gasteiger partial charge in [-0.1, -0.05) is 24.3 Å². The van der Waals surface area contributed by atoms with Gasteiger partial charge in [0.05, 0.1) is 6.10 Å². The van der Waals surface area contributed by atoms with Gasteiger partial charge in [-0.15, -0.1) is 0 Å². The van der Waals surface area contributed by atoms with Crippen molar-refractivity contribution in [3.8, 4) is 0 Å². The topological polar surface area (TPSA) is 41.5 Å². The third-order valence-corrected chi connectivity index (χ3v) is 3.83. The van der Waals surface area contributed by atoms with Gasteiger partial charge in [-0.25, -0.2) is 0 Å². The average molecular weight is 283 g/mol. The van der Waals surface area contributed by atoms with E-state index >= 15 is 0 Å². The molecule has 1 atom stereocenters. The summed E-state index contributed by atoms with van der Waals surface area (Å²) in [7, 11) is 1.75. The lowest BCUT2D eigenvalue weighted by atomic mass is 9.88. The maximum atomic E-state index is 8.73. The van der Waals surface area contributed by atoms with Gasteiger partial charge in [0.25, 0.3) is 0 Å². The minimum absolute atomic E-state index is 0.00970. The molecule has 1 rings (SSSR count). The second-order valence-electron chi connectivity index (χ2n) is 5.31. The van der Waals surface area contributed by atoms with Crippen LogP contribution in [0.2, 0.25) is 0 Å². The molecule has 0 heterocycles. The molecule has 1 unspecified atom stereocenters. The van der Waals surface area contributed by atoms with Gasteiger partial charge in [-0.3, -0.25) is 0 Å². The minimum atomic E-state index is -0.152. The van der Waals surface area contributed by atoms with Crippen molar-refractivity contribution in [1.29, 1.82) is 0 Å². The first-order valence-corrected chi connectivity index (χ1v) is 7.57. The van der Waals surface area contributed by atoms with Crippen molar-refractivity contribution in [3.05, 3.63) is 35.4 Å². The van der Waals surface area contributed by atoms with Crippen molar-refractivity contribution >= 4 is 12.0 Å². The first kappa shape index (κ1) is 16.5. The Bertz CT molecular complexity index is 382. The summed E-state index contributed by atoms with van der Waals surface area (Å²) in [6.07, 6.45) is 0.949. The summed E-state index contributed by atoms with van der Waals surface area (Å²) < 4.78 is 14.5. The molecule has 0 aliphatic rings. The predicted molar refractivity (Wildman–Crippen MR) is 82.7 cm³/mol. The SMILES string of the molecule is COC(c1ccccc1C)C(C)(C)NCCCSO. The average Bonchev–Trinajstić information content (AvgIpc) is 2.37. The molecule has 0 aliphatic heterocycles. The predicted octanol–water partition coefficient (Wildman–Crippen LogP) is 3.65. The van der Waals surface area contributed by atoms with Crippen LogP contribution in [-0.2, 0) is 4.74 Å². The number of benzene rings is 1. The van der Waals surface area contributed by atoms with Crippen LogP contribution in [0.1, 0.15) is 37.5 Å². The molecule has 0 spiro atoms. The van der Waals surface area contributed by atoms with Crippen LogP contribution < -0.4 is 5.32 Å². The number of ether oxygens (including phenoxy) is 1. The molecule has 0 aliphatic carbocycles. The van der Waals surface area contributed by atoms with Crippen molar-refractivity contribution in [2.75, 3.05) is 19.4 Å². The molecule has 4 heteroatoms. The molecule has 0 amide bonds. The van der Waals surface area contributed by atoms with Crippen LogP contribution in [0.15, 0.2) is 24.3 Å². The van der Waals surface area contributed by atoms with Crippen LogP contribution in [0.5, 0.6) is 0 Å². The second-order valence-corrected chi connectivity index (χ2v) is 5.97. The second kappa shape index (κ2) is 7.90. The summed E-state index contributed by atoms with van der Waals surface area (Å²) in [4.78, 5) is 0. The quantitative estimate of drug-likeness (QED) is 0.564. The van der Waals surface area contributed by atoms with E-state index in [9.17, 15) is 0 Å². The molecule has 0 saturated carbocycles. The fraction of sp³-hybridized carbons (Fsp3) is 0.600. The first-order valence-electron chi connectivity index (χ1n) is 6.62. The van der Waals surface area contributed by atoms with Gasteiger partial charge in [-0.2, -0.15) is 0 Å². The van der Waals surface area contributed by atoms with Crippen LogP contribution in [0, 0.1) is 6.92 Å². The number of methoxy groups -OCH3 is 1. The van der Waals surface area contributed by atoms with Crippen LogP contribution in [0.3, 0.4) is 0 Å². The summed E-state index contributed by atoms with van der Waals surface area (Å²) in [6.45, 7) is 7.28. The highest BCUT2D eigenvalue weighted by Gasteiger charge is 2.31. The Morgan fingerprint density at radius 1 is 1.37 bits per heavy atom.